The lowest BCUT2D eigenvalue weighted by molar-refractivity contribution is -0.136. The number of piperazine rings is 2. The van der Waals surface area contributed by atoms with Crippen LogP contribution in [0.5, 0.6) is 5.88 Å². The minimum Gasteiger partial charge on any atom is -0.476 e. The molecular weight excluding hydrogens is 714 g/mol. The maximum Gasteiger partial charge on any atom is 0.322 e. The van der Waals surface area contributed by atoms with Gasteiger partial charge in [-0.3, -0.25) is 34.3 Å². The molecule has 0 aliphatic carbocycles. The van der Waals surface area contributed by atoms with Crippen LogP contribution in [0.15, 0.2) is 54.7 Å². The average Bonchev–Trinajstić information content (AvgIpc) is 3.41. The molecule has 3 saturated heterocycles. The van der Waals surface area contributed by atoms with Gasteiger partial charge in [0, 0.05) is 81.8 Å². The summed E-state index contributed by atoms with van der Waals surface area (Å²) < 4.78 is 5.91. The van der Waals surface area contributed by atoms with Crippen LogP contribution in [0.2, 0.25) is 5.02 Å². The summed E-state index contributed by atoms with van der Waals surface area (Å²) in [6.45, 7) is 9.22. The lowest BCUT2D eigenvalue weighted by Gasteiger charge is -2.45. The van der Waals surface area contributed by atoms with Gasteiger partial charge < -0.3 is 24.8 Å². The maximum absolute atomic E-state index is 13.2. The Morgan fingerprint density at radius 3 is 2.43 bits per heavy atom. The van der Waals surface area contributed by atoms with Crippen LogP contribution in [-0.4, -0.2) is 120 Å². The van der Waals surface area contributed by atoms with Gasteiger partial charge in [-0.05, 0) is 62.7 Å². The standard InChI is InChI=1S/C38H40ClN9O6/c1-23-22-47(24(2)21-46(23)28-5-3-25(19-40)31(39)18-28)38(53)42-26-4-10-34(41-20-26)54-16-15-44-11-13-45(14-12-44)27-6-7-29-30(17-27)37(52)48(36(29)51)32-8-9-33(49)43-35(32)50/h3-7,10,17-18,20,23-24,32H,8-9,11-16,21-22H2,1-2H3,(H,42,53)(H,43,49,50)/t23-,24+,32?/m0/s1. The summed E-state index contributed by atoms with van der Waals surface area (Å²) in [5.41, 5.74) is 3.26. The first-order chi connectivity index (χ1) is 26.0. The normalized spacial score (nSPS) is 21.9. The highest BCUT2D eigenvalue weighted by molar-refractivity contribution is 6.32. The van der Waals surface area contributed by atoms with E-state index in [1.165, 1.54) is 0 Å². The molecule has 0 bridgehead atoms. The van der Waals surface area contributed by atoms with Crippen LogP contribution in [0.25, 0.3) is 0 Å². The van der Waals surface area contributed by atoms with E-state index in [1.54, 1.807) is 47.5 Å². The number of urea groups is 1. The average molecular weight is 754 g/mol. The quantitative estimate of drug-likeness (QED) is 0.324. The van der Waals surface area contributed by atoms with Gasteiger partial charge in [0.05, 0.1) is 33.6 Å². The second kappa shape index (κ2) is 15.3. The van der Waals surface area contributed by atoms with Gasteiger partial charge in [-0.15, -0.1) is 0 Å². The lowest BCUT2D eigenvalue weighted by Crippen LogP contribution is -2.59. The van der Waals surface area contributed by atoms with Crippen LogP contribution in [0.1, 0.15) is 53.0 Å². The highest BCUT2D eigenvalue weighted by Gasteiger charge is 2.45. The molecule has 4 aliphatic rings. The van der Waals surface area contributed by atoms with Crippen LogP contribution in [0, 0.1) is 11.3 Å². The summed E-state index contributed by atoms with van der Waals surface area (Å²) in [4.78, 5) is 77.3. The topological polar surface area (TPSA) is 172 Å². The third-order valence-electron chi connectivity index (χ3n) is 10.5. The molecule has 1 aromatic heterocycles. The highest BCUT2D eigenvalue weighted by atomic mass is 35.5. The molecule has 0 radical (unpaired) electrons. The number of aromatic nitrogens is 1. The Balaban J connectivity index is 0.849. The Morgan fingerprint density at radius 2 is 1.72 bits per heavy atom. The molecule has 16 heteroatoms. The summed E-state index contributed by atoms with van der Waals surface area (Å²) >= 11 is 6.27. The fraction of sp³-hybridized carbons (Fsp3) is 0.395. The van der Waals surface area contributed by atoms with E-state index in [0.717, 1.165) is 29.4 Å². The van der Waals surface area contributed by atoms with E-state index in [4.69, 9.17) is 16.3 Å². The number of pyridine rings is 1. The minimum absolute atomic E-state index is 0.0319. The van der Waals surface area contributed by atoms with Gasteiger partial charge in [0.25, 0.3) is 11.8 Å². The van der Waals surface area contributed by atoms with E-state index in [9.17, 15) is 29.2 Å². The number of carbonyl (C=O) groups excluding carboxylic acids is 5. The van der Waals surface area contributed by atoms with E-state index < -0.39 is 29.7 Å². The number of benzene rings is 2. The third-order valence-corrected chi connectivity index (χ3v) is 10.8. The fourth-order valence-electron chi connectivity index (χ4n) is 7.44. The van der Waals surface area contributed by atoms with Crippen LogP contribution >= 0.6 is 11.6 Å². The first-order valence-electron chi connectivity index (χ1n) is 18.0. The Bertz CT molecular complexity index is 2030. The summed E-state index contributed by atoms with van der Waals surface area (Å²) in [7, 11) is 0. The van der Waals surface area contributed by atoms with Gasteiger partial charge >= 0.3 is 6.03 Å². The smallest absolute Gasteiger partial charge is 0.322 e. The molecule has 0 saturated carbocycles. The summed E-state index contributed by atoms with van der Waals surface area (Å²) in [5.74, 6) is -1.62. The molecule has 2 N–H and O–H groups in total. The van der Waals surface area contributed by atoms with Crippen molar-refractivity contribution in [2.75, 3.05) is 67.5 Å². The van der Waals surface area contributed by atoms with E-state index in [0.29, 0.717) is 61.5 Å². The number of fused-ring (bicyclic) bond motifs is 1. The predicted octanol–water partition coefficient (Wildman–Crippen LogP) is 3.34. The zero-order chi connectivity index (χ0) is 38.1. The van der Waals surface area contributed by atoms with Crippen LogP contribution in [0.4, 0.5) is 21.9 Å². The van der Waals surface area contributed by atoms with Crippen LogP contribution in [0.3, 0.4) is 0 Å². The SMILES string of the molecule is C[C@@H]1CN(c2ccc(C#N)c(Cl)c2)[C@@H](C)CN1C(=O)Nc1ccc(OCCN2CCN(c3ccc4c(c3)C(=O)N(C3CCC(=O)NC3=O)C4=O)CC2)nc1. The Labute approximate surface area is 317 Å². The van der Waals surface area contributed by atoms with Gasteiger partial charge in [0.2, 0.25) is 17.7 Å². The predicted molar refractivity (Wildman–Crippen MR) is 200 cm³/mol. The molecule has 4 aliphatic heterocycles. The minimum atomic E-state index is -0.993. The van der Waals surface area contributed by atoms with Gasteiger partial charge in [-0.1, -0.05) is 11.6 Å². The number of amides is 6. The number of rotatable bonds is 8. The number of hydrogen-bond acceptors (Lipinski definition) is 11. The van der Waals surface area contributed by atoms with Crippen molar-refractivity contribution in [1.82, 2.24) is 25.0 Å². The first-order valence-corrected chi connectivity index (χ1v) is 18.3. The molecule has 0 spiro atoms. The van der Waals surface area contributed by atoms with Crippen LogP contribution in [-0.2, 0) is 9.59 Å². The number of imide groups is 2. The molecule has 7 rings (SSSR count). The monoisotopic (exact) mass is 753 g/mol. The highest BCUT2D eigenvalue weighted by Crippen LogP contribution is 2.32. The van der Waals surface area contributed by atoms with Gasteiger partial charge in [0.1, 0.15) is 18.7 Å². The number of nitrogens with zero attached hydrogens (tertiary/aromatic N) is 7. The second-order valence-corrected chi connectivity index (χ2v) is 14.4. The van der Waals surface area contributed by atoms with Crippen molar-refractivity contribution in [3.05, 3.63) is 76.4 Å². The van der Waals surface area contributed by atoms with Crippen molar-refractivity contribution < 1.29 is 28.7 Å². The molecule has 280 valence electrons. The molecule has 2 aromatic carbocycles. The largest absolute Gasteiger partial charge is 0.476 e. The molecule has 1 unspecified atom stereocenters. The number of ether oxygens (including phenoxy) is 1. The summed E-state index contributed by atoms with van der Waals surface area (Å²) in [5, 5.41) is 14.8. The van der Waals surface area contributed by atoms with Crippen molar-refractivity contribution in [3.63, 3.8) is 0 Å². The van der Waals surface area contributed by atoms with E-state index >= 15 is 0 Å². The molecular formula is C38H40ClN9O6. The van der Waals surface area contributed by atoms with Crippen molar-refractivity contribution in [3.8, 4) is 11.9 Å². The molecule has 15 nitrogen and oxygen atoms in total. The van der Waals surface area contributed by atoms with E-state index in [1.807, 2.05) is 19.1 Å². The Morgan fingerprint density at radius 1 is 0.963 bits per heavy atom. The van der Waals surface area contributed by atoms with Crippen molar-refractivity contribution in [1.29, 1.82) is 5.26 Å². The van der Waals surface area contributed by atoms with E-state index in [2.05, 4.69) is 43.3 Å². The second-order valence-electron chi connectivity index (χ2n) is 13.9. The fourth-order valence-corrected chi connectivity index (χ4v) is 7.66. The number of halogens is 1. The Hall–Kier alpha value is -5.72. The number of hydrogen-bond donors (Lipinski definition) is 2. The maximum atomic E-state index is 13.2. The van der Waals surface area contributed by atoms with Gasteiger partial charge in [-0.2, -0.15) is 5.26 Å². The number of anilines is 3. The summed E-state index contributed by atoms with van der Waals surface area (Å²) in [6.07, 6.45) is 1.77. The third kappa shape index (κ3) is 7.39. The molecule has 3 fully saturated rings. The molecule has 3 aromatic rings. The Kier molecular flexibility index (Phi) is 10.4. The number of piperidine rings is 1. The van der Waals surface area contributed by atoms with E-state index in [-0.39, 0.29) is 42.1 Å². The molecule has 3 atom stereocenters. The van der Waals surface area contributed by atoms with Crippen molar-refractivity contribution >= 4 is 58.3 Å². The zero-order valence-corrected chi connectivity index (χ0v) is 30.7. The van der Waals surface area contributed by atoms with Gasteiger partial charge in [0.15, 0.2) is 0 Å². The first kappa shape index (κ1) is 36.6. The molecule has 5 heterocycles. The molecule has 6 amide bonds. The van der Waals surface area contributed by atoms with Crippen molar-refractivity contribution in [2.45, 2.75) is 44.8 Å². The molecule has 54 heavy (non-hydrogen) atoms. The van der Waals surface area contributed by atoms with Gasteiger partial charge in [-0.25, -0.2) is 9.78 Å². The summed E-state index contributed by atoms with van der Waals surface area (Å²) in [6, 6.07) is 14.9. The van der Waals surface area contributed by atoms with Crippen LogP contribution < -0.4 is 25.2 Å². The zero-order valence-electron chi connectivity index (χ0n) is 30.0. The number of carbonyl (C=O) groups is 5. The lowest BCUT2D eigenvalue weighted by atomic mass is 10.0. The number of nitrogens with one attached hydrogen (secondary N) is 2. The van der Waals surface area contributed by atoms with Crippen molar-refractivity contribution in [2.24, 2.45) is 0 Å². The number of nitriles is 1.